The molecule has 1 aromatic carbocycles. The number of benzene rings is 1. The third-order valence-electron chi connectivity index (χ3n) is 5.94. The lowest BCUT2D eigenvalue weighted by molar-refractivity contribution is -0.134. The summed E-state index contributed by atoms with van der Waals surface area (Å²) in [4.78, 5) is 21.4. The third kappa shape index (κ3) is 4.24. The van der Waals surface area contributed by atoms with Crippen LogP contribution in [-0.2, 0) is 25.6 Å². The molecule has 1 unspecified atom stereocenters. The Morgan fingerprint density at radius 1 is 1.09 bits per heavy atom. The summed E-state index contributed by atoms with van der Waals surface area (Å²) in [6.45, 7) is 1.09. The minimum atomic E-state index is -1.26. The first-order valence-corrected chi connectivity index (χ1v) is 10.6. The largest absolute Gasteiger partial charge is 0.493 e. The first-order chi connectivity index (χ1) is 16.3. The van der Waals surface area contributed by atoms with E-state index in [9.17, 15) is 9.59 Å². The van der Waals surface area contributed by atoms with Crippen LogP contribution < -0.4 is 9.47 Å². The van der Waals surface area contributed by atoms with E-state index in [-0.39, 0.29) is 5.92 Å². The Bertz CT molecular complexity index is 1170. The fourth-order valence-electron chi connectivity index (χ4n) is 4.58. The summed E-state index contributed by atoms with van der Waals surface area (Å²) in [5, 5.41) is 15.6. The van der Waals surface area contributed by atoms with Crippen LogP contribution >= 0.6 is 0 Å². The number of carbonyl (C=O) groups is 2. The molecule has 0 radical (unpaired) electrons. The van der Waals surface area contributed by atoms with E-state index in [2.05, 4.69) is 36.2 Å². The van der Waals surface area contributed by atoms with Crippen LogP contribution in [0.4, 0.5) is 0 Å². The van der Waals surface area contributed by atoms with E-state index in [0.29, 0.717) is 18.9 Å². The lowest BCUT2D eigenvalue weighted by Gasteiger charge is -2.39. The zero-order chi connectivity index (χ0) is 24.4. The Labute approximate surface area is 196 Å². The summed E-state index contributed by atoms with van der Waals surface area (Å²) >= 11 is 0. The van der Waals surface area contributed by atoms with Crippen LogP contribution in [-0.4, -0.2) is 55.1 Å². The lowest BCUT2D eigenvalue weighted by atomic mass is 9.77. The highest BCUT2D eigenvalue weighted by Gasteiger charge is 2.36. The number of allylic oxidation sites excluding steroid dienone is 4. The molecular weight excluding hydrogens is 442 g/mol. The molecule has 5 rings (SSSR count). The van der Waals surface area contributed by atoms with Gasteiger partial charge in [0.2, 0.25) is 6.79 Å². The fraction of sp³-hybridized carbons (Fsp3) is 0.280. The summed E-state index contributed by atoms with van der Waals surface area (Å²) in [5.41, 5.74) is 6.40. The standard InChI is InChI=1S/C21H21NO4.C4H4O4/c1-22-10-16-13(6-7-17(23-2)21(16)24-3)14-5-4-12-8-18-19(26-11-25-18)9-15(12)20(14)22;5-3(6)1-2-4(7)8/h4,6-9,15H,5,10-11H2,1-3H3;1-2H,(H,5,6)(H,7,8)/b;2-1+. The smallest absolute Gasteiger partial charge is 0.328 e. The number of hydrogen-bond acceptors (Lipinski definition) is 7. The molecule has 0 aromatic heterocycles. The number of hydrogen-bond donors (Lipinski definition) is 2. The van der Waals surface area contributed by atoms with Gasteiger partial charge in [0.1, 0.15) is 0 Å². The van der Waals surface area contributed by atoms with Gasteiger partial charge < -0.3 is 34.1 Å². The molecule has 0 spiro atoms. The molecule has 2 heterocycles. The van der Waals surface area contributed by atoms with Gasteiger partial charge in [0.05, 0.1) is 14.2 Å². The molecule has 2 aliphatic heterocycles. The number of rotatable bonds is 4. The first-order valence-electron chi connectivity index (χ1n) is 10.6. The van der Waals surface area contributed by atoms with Gasteiger partial charge in [-0.1, -0.05) is 12.1 Å². The van der Waals surface area contributed by atoms with E-state index >= 15 is 0 Å². The molecule has 0 bridgehead atoms. The molecule has 9 nitrogen and oxygen atoms in total. The topological polar surface area (TPSA) is 115 Å². The van der Waals surface area contributed by atoms with E-state index in [1.165, 1.54) is 28.0 Å². The van der Waals surface area contributed by atoms with Crippen molar-refractivity contribution in [1.29, 1.82) is 0 Å². The molecule has 0 amide bonds. The van der Waals surface area contributed by atoms with E-state index in [0.717, 1.165) is 36.0 Å². The van der Waals surface area contributed by atoms with Crippen LogP contribution in [0.5, 0.6) is 11.5 Å². The van der Waals surface area contributed by atoms with Crippen molar-refractivity contribution in [2.24, 2.45) is 5.92 Å². The van der Waals surface area contributed by atoms with Gasteiger partial charge in [-0.3, -0.25) is 0 Å². The first kappa shape index (κ1) is 23.0. The number of aliphatic carboxylic acids is 2. The highest BCUT2D eigenvalue weighted by atomic mass is 16.7. The van der Waals surface area contributed by atoms with Gasteiger partial charge in [0.15, 0.2) is 23.0 Å². The quantitative estimate of drug-likeness (QED) is 0.644. The number of fused-ring (bicyclic) bond motifs is 5. The molecule has 2 aliphatic carbocycles. The highest BCUT2D eigenvalue weighted by molar-refractivity contribution is 5.89. The second-order valence-electron chi connectivity index (χ2n) is 7.89. The van der Waals surface area contributed by atoms with E-state index in [1.54, 1.807) is 14.2 Å². The average Bonchev–Trinajstić information content (AvgIpc) is 3.28. The highest BCUT2D eigenvalue weighted by Crippen LogP contribution is 2.49. The number of carboxylic acids is 2. The number of methoxy groups -OCH3 is 2. The van der Waals surface area contributed by atoms with Crippen LogP contribution in [0.3, 0.4) is 0 Å². The predicted octanol–water partition coefficient (Wildman–Crippen LogP) is 3.30. The van der Waals surface area contributed by atoms with Crippen molar-refractivity contribution in [2.75, 3.05) is 28.1 Å². The molecule has 1 aromatic rings. The van der Waals surface area contributed by atoms with Gasteiger partial charge in [0, 0.05) is 42.9 Å². The van der Waals surface area contributed by atoms with Crippen molar-refractivity contribution in [1.82, 2.24) is 4.90 Å². The molecule has 2 N–H and O–H groups in total. The van der Waals surface area contributed by atoms with E-state index in [4.69, 9.17) is 29.2 Å². The summed E-state index contributed by atoms with van der Waals surface area (Å²) < 4.78 is 22.3. The lowest BCUT2D eigenvalue weighted by Crippen LogP contribution is -2.31. The summed E-state index contributed by atoms with van der Waals surface area (Å²) in [6.07, 6.45) is 8.61. The Kier molecular flexibility index (Phi) is 6.36. The zero-order valence-corrected chi connectivity index (χ0v) is 19.0. The molecule has 34 heavy (non-hydrogen) atoms. The Morgan fingerprint density at radius 2 is 1.79 bits per heavy atom. The van der Waals surface area contributed by atoms with Crippen LogP contribution in [0, 0.1) is 5.92 Å². The Morgan fingerprint density at radius 3 is 2.44 bits per heavy atom. The molecular formula is C25H25NO8. The Balaban J connectivity index is 0.000000297. The number of nitrogens with zero attached hydrogens (tertiary/aromatic N) is 1. The minimum absolute atomic E-state index is 0.199. The summed E-state index contributed by atoms with van der Waals surface area (Å²) in [7, 11) is 5.53. The zero-order valence-electron chi connectivity index (χ0n) is 19.0. The molecule has 1 atom stereocenters. The second-order valence-corrected chi connectivity index (χ2v) is 7.89. The van der Waals surface area contributed by atoms with Crippen molar-refractivity contribution in [3.8, 4) is 11.5 Å². The average molecular weight is 467 g/mol. The maximum atomic E-state index is 9.55. The monoisotopic (exact) mass is 467 g/mol. The number of carboxylic acid groups (broad SMARTS) is 2. The second kappa shape index (κ2) is 9.38. The molecule has 1 fully saturated rings. The van der Waals surface area contributed by atoms with Crippen molar-refractivity contribution in [3.05, 3.63) is 76.4 Å². The van der Waals surface area contributed by atoms with Crippen LogP contribution in [0.2, 0.25) is 0 Å². The van der Waals surface area contributed by atoms with Crippen molar-refractivity contribution in [2.45, 2.75) is 13.0 Å². The van der Waals surface area contributed by atoms with Crippen LogP contribution in [0.25, 0.3) is 5.57 Å². The van der Waals surface area contributed by atoms with Gasteiger partial charge in [0.25, 0.3) is 0 Å². The molecule has 1 saturated heterocycles. The number of ether oxygens (including phenoxy) is 4. The maximum Gasteiger partial charge on any atom is 0.328 e. The normalized spacial score (nSPS) is 19.6. The molecule has 0 saturated carbocycles. The van der Waals surface area contributed by atoms with Gasteiger partial charge in [-0.05, 0) is 41.3 Å². The molecule has 4 aliphatic rings. The van der Waals surface area contributed by atoms with Gasteiger partial charge in [-0.15, -0.1) is 0 Å². The maximum absolute atomic E-state index is 9.55. The SMILES string of the molecule is COc1ccc2c(c1OC)CN(C)C1=C2CC=C2C=C3OCOC3=CC21.O=C(O)/C=C/C(=O)O. The minimum Gasteiger partial charge on any atom is -0.493 e. The predicted molar refractivity (Wildman–Crippen MR) is 122 cm³/mol. The van der Waals surface area contributed by atoms with Gasteiger partial charge in [-0.25, -0.2) is 9.59 Å². The van der Waals surface area contributed by atoms with Crippen molar-refractivity contribution >= 4 is 17.5 Å². The van der Waals surface area contributed by atoms with Crippen molar-refractivity contribution in [3.63, 3.8) is 0 Å². The third-order valence-corrected chi connectivity index (χ3v) is 5.94. The van der Waals surface area contributed by atoms with Crippen molar-refractivity contribution < 1.29 is 38.7 Å². The van der Waals surface area contributed by atoms with Crippen LogP contribution in [0.1, 0.15) is 17.5 Å². The Hall–Kier alpha value is -4.14. The summed E-state index contributed by atoms with van der Waals surface area (Å²) in [5.74, 6) is 0.994. The van der Waals surface area contributed by atoms with E-state index in [1.807, 2.05) is 6.07 Å². The van der Waals surface area contributed by atoms with Gasteiger partial charge >= 0.3 is 11.9 Å². The molecule has 178 valence electrons. The summed E-state index contributed by atoms with van der Waals surface area (Å²) in [6, 6.07) is 4.16. The molecule has 9 heteroatoms. The van der Waals surface area contributed by atoms with E-state index < -0.39 is 11.9 Å². The van der Waals surface area contributed by atoms with Gasteiger partial charge in [-0.2, -0.15) is 0 Å². The fourth-order valence-corrected chi connectivity index (χ4v) is 4.58. The van der Waals surface area contributed by atoms with Crippen LogP contribution in [0.15, 0.2) is 65.3 Å².